The summed E-state index contributed by atoms with van der Waals surface area (Å²) in [6, 6.07) is 0. The predicted octanol–water partition coefficient (Wildman–Crippen LogP) is 1.66. The summed E-state index contributed by atoms with van der Waals surface area (Å²) in [5, 5.41) is 13.0. The van der Waals surface area contributed by atoms with Crippen molar-refractivity contribution in [3.63, 3.8) is 0 Å². The average molecular weight is 270 g/mol. The molecule has 0 heterocycles. The number of aliphatic hydroxyl groups excluding tert-OH is 1. The molecule has 0 aromatic carbocycles. The monoisotopic (exact) mass is 270 g/mol. The van der Waals surface area contributed by atoms with Crippen LogP contribution in [0.2, 0.25) is 0 Å². The quantitative estimate of drug-likeness (QED) is 0.658. The van der Waals surface area contributed by atoms with E-state index in [1.807, 2.05) is 0 Å². The summed E-state index contributed by atoms with van der Waals surface area (Å²) in [5.74, 6) is 0.726. The van der Waals surface area contributed by atoms with E-state index in [1.54, 1.807) is 0 Å². The highest BCUT2D eigenvalue weighted by Gasteiger charge is 2.30. The van der Waals surface area contributed by atoms with Gasteiger partial charge in [-0.3, -0.25) is 4.79 Å². The number of rotatable bonds is 7. The highest BCUT2D eigenvalue weighted by Crippen LogP contribution is 2.29. The number of nitrogens with two attached hydrogens (primary N) is 1. The van der Waals surface area contributed by atoms with Crippen molar-refractivity contribution in [2.75, 3.05) is 13.1 Å². The highest BCUT2D eigenvalue weighted by molar-refractivity contribution is 5.79. The molecule has 0 saturated heterocycles. The van der Waals surface area contributed by atoms with Crippen LogP contribution in [0, 0.1) is 17.8 Å². The molecule has 0 bridgehead atoms. The summed E-state index contributed by atoms with van der Waals surface area (Å²) < 4.78 is 0. The molecule has 0 radical (unpaired) electrons. The molecular weight excluding hydrogens is 240 g/mol. The molecule has 1 saturated carbocycles. The minimum absolute atomic E-state index is 0.0488. The summed E-state index contributed by atoms with van der Waals surface area (Å²) in [6.45, 7) is 5.11. The number of carbonyl (C=O) groups is 1. The molecule has 3 unspecified atom stereocenters. The second-order valence-electron chi connectivity index (χ2n) is 5.78. The lowest BCUT2D eigenvalue weighted by Crippen LogP contribution is -2.43. The normalized spacial score (nSPS) is 25.3. The van der Waals surface area contributed by atoms with Crippen molar-refractivity contribution < 1.29 is 9.90 Å². The third-order valence-electron chi connectivity index (χ3n) is 4.63. The van der Waals surface area contributed by atoms with Crippen LogP contribution in [0.25, 0.3) is 0 Å². The summed E-state index contributed by atoms with van der Waals surface area (Å²) in [6.07, 6.45) is 5.76. The van der Waals surface area contributed by atoms with Crippen molar-refractivity contribution in [1.82, 2.24) is 5.32 Å². The standard InChI is InChI=1S/C15H30N2O2/c1-3-11(4-2)14(18)10-17-15(19)13-8-6-5-7-12(13)9-16/h11-14,18H,3-10,16H2,1-2H3,(H,17,19). The molecule has 1 rings (SSSR count). The Balaban J connectivity index is 2.41. The van der Waals surface area contributed by atoms with Gasteiger partial charge in [0.15, 0.2) is 0 Å². The number of amides is 1. The molecule has 112 valence electrons. The lowest BCUT2D eigenvalue weighted by Gasteiger charge is -2.30. The third kappa shape index (κ3) is 4.77. The number of aliphatic hydroxyl groups is 1. The molecule has 4 heteroatoms. The SMILES string of the molecule is CCC(CC)C(O)CNC(=O)C1CCCCC1CN. The molecular formula is C15H30N2O2. The Morgan fingerprint density at radius 3 is 2.53 bits per heavy atom. The zero-order valence-corrected chi connectivity index (χ0v) is 12.4. The van der Waals surface area contributed by atoms with Crippen molar-refractivity contribution in [1.29, 1.82) is 0 Å². The predicted molar refractivity (Wildman–Crippen MR) is 77.6 cm³/mol. The van der Waals surface area contributed by atoms with Crippen molar-refractivity contribution in [2.45, 2.75) is 58.5 Å². The van der Waals surface area contributed by atoms with Crippen LogP contribution in [0.15, 0.2) is 0 Å². The zero-order chi connectivity index (χ0) is 14.3. The third-order valence-corrected chi connectivity index (χ3v) is 4.63. The number of hydrogen-bond donors (Lipinski definition) is 3. The van der Waals surface area contributed by atoms with Gasteiger partial charge in [-0.1, -0.05) is 39.5 Å². The summed E-state index contributed by atoms with van der Waals surface area (Å²) >= 11 is 0. The van der Waals surface area contributed by atoms with Gasteiger partial charge in [0.25, 0.3) is 0 Å². The van der Waals surface area contributed by atoms with Gasteiger partial charge >= 0.3 is 0 Å². The Morgan fingerprint density at radius 2 is 1.95 bits per heavy atom. The van der Waals surface area contributed by atoms with Crippen LogP contribution in [0.1, 0.15) is 52.4 Å². The van der Waals surface area contributed by atoms with E-state index in [2.05, 4.69) is 19.2 Å². The van der Waals surface area contributed by atoms with Crippen molar-refractivity contribution in [3.05, 3.63) is 0 Å². The maximum Gasteiger partial charge on any atom is 0.223 e. The second-order valence-corrected chi connectivity index (χ2v) is 5.78. The van der Waals surface area contributed by atoms with Crippen molar-refractivity contribution >= 4 is 5.91 Å². The highest BCUT2D eigenvalue weighted by atomic mass is 16.3. The Kier molecular flexibility index (Phi) is 7.39. The molecule has 0 aliphatic heterocycles. The fourth-order valence-corrected chi connectivity index (χ4v) is 3.17. The molecule has 0 spiro atoms. The summed E-state index contributed by atoms with van der Waals surface area (Å²) in [5.41, 5.74) is 5.75. The molecule has 1 aliphatic carbocycles. The summed E-state index contributed by atoms with van der Waals surface area (Å²) in [4.78, 5) is 12.2. The average Bonchev–Trinajstić information content (AvgIpc) is 2.45. The van der Waals surface area contributed by atoms with E-state index in [4.69, 9.17) is 5.73 Å². The topological polar surface area (TPSA) is 75.3 Å². The number of nitrogens with one attached hydrogen (secondary N) is 1. The molecule has 0 aromatic rings. The Labute approximate surface area is 117 Å². The van der Waals surface area contributed by atoms with Gasteiger partial charge < -0.3 is 16.2 Å². The number of hydrogen-bond acceptors (Lipinski definition) is 3. The van der Waals surface area contributed by atoms with Gasteiger partial charge in [0.2, 0.25) is 5.91 Å². The first-order valence-corrected chi connectivity index (χ1v) is 7.79. The second kappa shape index (κ2) is 8.54. The summed E-state index contributed by atoms with van der Waals surface area (Å²) in [7, 11) is 0. The zero-order valence-electron chi connectivity index (χ0n) is 12.4. The molecule has 1 amide bonds. The lowest BCUT2D eigenvalue weighted by atomic mass is 9.78. The molecule has 1 fully saturated rings. The van der Waals surface area contributed by atoms with Crippen molar-refractivity contribution in [3.8, 4) is 0 Å². The van der Waals surface area contributed by atoms with Gasteiger partial charge in [0, 0.05) is 12.5 Å². The molecule has 4 N–H and O–H groups in total. The molecule has 1 aliphatic rings. The van der Waals surface area contributed by atoms with Crippen LogP contribution in [-0.4, -0.2) is 30.2 Å². The van der Waals surface area contributed by atoms with Crippen LogP contribution < -0.4 is 11.1 Å². The first kappa shape index (κ1) is 16.4. The van der Waals surface area contributed by atoms with Gasteiger partial charge in [-0.05, 0) is 31.2 Å². The van der Waals surface area contributed by atoms with E-state index in [0.717, 1.165) is 32.1 Å². The molecule has 19 heavy (non-hydrogen) atoms. The van der Waals surface area contributed by atoms with E-state index in [0.29, 0.717) is 19.0 Å². The fourth-order valence-electron chi connectivity index (χ4n) is 3.17. The smallest absolute Gasteiger partial charge is 0.223 e. The van der Waals surface area contributed by atoms with Crippen LogP contribution in [0.4, 0.5) is 0 Å². The van der Waals surface area contributed by atoms with Gasteiger partial charge in [-0.2, -0.15) is 0 Å². The Bertz CT molecular complexity index is 267. The van der Waals surface area contributed by atoms with Crippen LogP contribution in [-0.2, 0) is 4.79 Å². The van der Waals surface area contributed by atoms with E-state index in [9.17, 15) is 9.90 Å². The van der Waals surface area contributed by atoms with E-state index >= 15 is 0 Å². The van der Waals surface area contributed by atoms with E-state index in [1.165, 1.54) is 6.42 Å². The van der Waals surface area contributed by atoms with Gasteiger partial charge in [-0.15, -0.1) is 0 Å². The molecule has 3 atom stereocenters. The van der Waals surface area contributed by atoms with Crippen LogP contribution >= 0.6 is 0 Å². The van der Waals surface area contributed by atoms with Crippen molar-refractivity contribution in [2.24, 2.45) is 23.5 Å². The largest absolute Gasteiger partial charge is 0.391 e. The van der Waals surface area contributed by atoms with Crippen LogP contribution in [0.3, 0.4) is 0 Å². The Morgan fingerprint density at radius 1 is 1.32 bits per heavy atom. The first-order chi connectivity index (χ1) is 9.13. The van der Waals surface area contributed by atoms with E-state index in [-0.39, 0.29) is 17.7 Å². The van der Waals surface area contributed by atoms with Gasteiger partial charge in [0.1, 0.15) is 0 Å². The number of carbonyl (C=O) groups excluding carboxylic acids is 1. The first-order valence-electron chi connectivity index (χ1n) is 7.79. The Hall–Kier alpha value is -0.610. The minimum Gasteiger partial charge on any atom is -0.391 e. The molecule has 4 nitrogen and oxygen atoms in total. The fraction of sp³-hybridized carbons (Fsp3) is 0.933. The maximum absolute atomic E-state index is 12.2. The minimum atomic E-state index is -0.432. The van der Waals surface area contributed by atoms with E-state index < -0.39 is 6.10 Å². The lowest BCUT2D eigenvalue weighted by molar-refractivity contribution is -0.128. The van der Waals surface area contributed by atoms with Gasteiger partial charge in [-0.25, -0.2) is 0 Å². The van der Waals surface area contributed by atoms with Gasteiger partial charge in [0.05, 0.1) is 6.10 Å². The van der Waals surface area contributed by atoms with Crippen LogP contribution in [0.5, 0.6) is 0 Å². The molecule has 0 aromatic heterocycles. The maximum atomic E-state index is 12.2.